The number of fused-ring (bicyclic) bond motifs is 1. The number of benzene rings is 1. The summed E-state index contributed by atoms with van der Waals surface area (Å²) in [5.41, 5.74) is 1.02. The second kappa shape index (κ2) is 9.60. The van der Waals surface area contributed by atoms with Gasteiger partial charge in [0.25, 0.3) is 5.91 Å². The predicted octanol–water partition coefficient (Wildman–Crippen LogP) is 3.06. The SMILES string of the molecule is CCOc1ccc2c(c1)sc(=NC(=O)CSCC(=O)N1CCC(C)CC1)n2C. The summed E-state index contributed by atoms with van der Waals surface area (Å²) in [7, 11) is 1.90. The molecule has 0 N–H and O–H groups in total. The highest BCUT2D eigenvalue weighted by atomic mass is 32.2. The number of aromatic nitrogens is 1. The summed E-state index contributed by atoms with van der Waals surface area (Å²) in [5.74, 6) is 1.98. The summed E-state index contributed by atoms with van der Waals surface area (Å²) >= 11 is 2.81. The maximum absolute atomic E-state index is 12.3. The van der Waals surface area contributed by atoms with Crippen molar-refractivity contribution in [1.29, 1.82) is 0 Å². The summed E-state index contributed by atoms with van der Waals surface area (Å²) in [5, 5.41) is 0. The fourth-order valence-electron chi connectivity index (χ4n) is 3.19. The predicted molar refractivity (Wildman–Crippen MR) is 115 cm³/mol. The van der Waals surface area contributed by atoms with Gasteiger partial charge in [-0.15, -0.1) is 11.8 Å². The Kier molecular flexibility index (Phi) is 7.18. The van der Waals surface area contributed by atoms with Gasteiger partial charge < -0.3 is 14.2 Å². The molecule has 1 aliphatic heterocycles. The molecule has 0 bridgehead atoms. The van der Waals surface area contributed by atoms with E-state index < -0.39 is 0 Å². The van der Waals surface area contributed by atoms with E-state index >= 15 is 0 Å². The number of likely N-dealkylation sites (tertiary alicyclic amines) is 1. The van der Waals surface area contributed by atoms with Gasteiger partial charge in [0.1, 0.15) is 5.75 Å². The number of nitrogens with zero attached hydrogens (tertiary/aromatic N) is 3. The lowest BCUT2D eigenvalue weighted by Crippen LogP contribution is -2.39. The molecule has 1 aliphatic rings. The second-order valence-electron chi connectivity index (χ2n) is 7.07. The van der Waals surface area contributed by atoms with Gasteiger partial charge >= 0.3 is 0 Å². The van der Waals surface area contributed by atoms with Gasteiger partial charge in [0.05, 0.1) is 28.3 Å². The van der Waals surface area contributed by atoms with Crippen LogP contribution in [0.1, 0.15) is 26.7 Å². The zero-order chi connectivity index (χ0) is 20.1. The van der Waals surface area contributed by atoms with Crippen molar-refractivity contribution in [3.05, 3.63) is 23.0 Å². The molecule has 0 radical (unpaired) electrons. The largest absolute Gasteiger partial charge is 0.494 e. The fraction of sp³-hybridized carbons (Fsp3) is 0.550. The van der Waals surface area contributed by atoms with E-state index in [1.54, 1.807) is 0 Å². The molecule has 2 amide bonds. The van der Waals surface area contributed by atoms with Crippen LogP contribution in [0.5, 0.6) is 5.75 Å². The monoisotopic (exact) mass is 421 g/mol. The first-order valence-corrected chi connectivity index (χ1v) is 11.6. The van der Waals surface area contributed by atoms with E-state index in [1.165, 1.54) is 23.1 Å². The van der Waals surface area contributed by atoms with Gasteiger partial charge in [-0.2, -0.15) is 4.99 Å². The summed E-state index contributed by atoms with van der Waals surface area (Å²) in [4.78, 5) is 31.3. The van der Waals surface area contributed by atoms with Gasteiger partial charge in [-0.25, -0.2) is 0 Å². The van der Waals surface area contributed by atoms with Crippen LogP contribution in [0, 0.1) is 5.92 Å². The number of rotatable bonds is 6. The normalized spacial score (nSPS) is 16.0. The number of thiazole rings is 1. The van der Waals surface area contributed by atoms with Crippen LogP contribution in [-0.4, -0.2) is 52.5 Å². The highest BCUT2D eigenvalue weighted by Crippen LogP contribution is 2.23. The number of carbonyl (C=O) groups excluding carboxylic acids is 2. The molecule has 28 heavy (non-hydrogen) atoms. The van der Waals surface area contributed by atoms with Crippen molar-refractivity contribution in [2.45, 2.75) is 26.7 Å². The van der Waals surface area contributed by atoms with Crippen molar-refractivity contribution in [1.82, 2.24) is 9.47 Å². The summed E-state index contributed by atoms with van der Waals surface area (Å²) < 4.78 is 8.48. The van der Waals surface area contributed by atoms with Crippen molar-refractivity contribution in [2.75, 3.05) is 31.2 Å². The first-order valence-electron chi connectivity index (χ1n) is 9.63. The van der Waals surface area contributed by atoms with E-state index in [2.05, 4.69) is 11.9 Å². The van der Waals surface area contributed by atoms with Crippen LogP contribution in [0.4, 0.5) is 0 Å². The fourth-order valence-corrected chi connectivity index (χ4v) is 4.95. The molecule has 8 heteroatoms. The molecule has 1 saturated heterocycles. The van der Waals surface area contributed by atoms with Crippen LogP contribution in [0.3, 0.4) is 0 Å². The van der Waals surface area contributed by atoms with Crippen LogP contribution in [0.2, 0.25) is 0 Å². The molecule has 1 aromatic carbocycles. The van der Waals surface area contributed by atoms with Crippen LogP contribution in [0.15, 0.2) is 23.2 Å². The molecule has 3 rings (SSSR count). The molecule has 0 spiro atoms. The van der Waals surface area contributed by atoms with Crippen LogP contribution in [-0.2, 0) is 16.6 Å². The van der Waals surface area contributed by atoms with Gasteiger partial charge in [-0.05, 0) is 43.9 Å². The number of ether oxygens (including phenoxy) is 1. The zero-order valence-electron chi connectivity index (χ0n) is 16.6. The average molecular weight is 422 g/mol. The van der Waals surface area contributed by atoms with Gasteiger partial charge in [0.15, 0.2) is 4.80 Å². The number of hydrogen-bond acceptors (Lipinski definition) is 5. The smallest absolute Gasteiger partial charge is 0.258 e. The minimum Gasteiger partial charge on any atom is -0.494 e. The Morgan fingerprint density at radius 3 is 2.75 bits per heavy atom. The number of piperidine rings is 1. The first kappa shape index (κ1) is 20.9. The van der Waals surface area contributed by atoms with Gasteiger partial charge in [0, 0.05) is 20.1 Å². The molecular formula is C20H27N3O3S2. The lowest BCUT2D eigenvalue weighted by molar-refractivity contribution is -0.129. The number of hydrogen-bond donors (Lipinski definition) is 0. The third-order valence-electron chi connectivity index (χ3n) is 4.90. The molecule has 152 valence electrons. The maximum atomic E-state index is 12.3. The van der Waals surface area contributed by atoms with Crippen molar-refractivity contribution in [3.8, 4) is 5.75 Å². The van der Waals surface area contributed by atoms with Crippen LogP contribution >= 0.6 is 23.1 Å². The van der Waals surface area contributed by atoms with Gasteiger partial charge in [-0.3, -0.25) is 9.59 Å². The third-order valence-corrected chi connectivity index (χ3v) is 6.90. The minimum atomic E-state index is -0.211. The maximum Gasteiger partial charge on any atom is 0.258 e. The topological polar surface area (TPSA) is 63.9 Å². The first-order chi connectivity index (χ1) is 13.5. The van der Waals surface area contributed by atoms with Crippen molar-refractivity contribution < 1.29 is 14.3 Å². The molecule has 0 aliphatic carbocycles. The quantitative estimate of drug-likeness (QED) is 0.719. The van der Waals surface area contributed by atoms with Crippen LogP contribution in [0.25, 0.3) is 10.2 Å². The summed E-state index contributed by atoms with van der Waals surface area (Å²) in [6.45, 7) is 6.46. The minimum absolute atomic E-state index is 0.126. The van der Waals surface area contributed by atoms with E-state index in [-0.39, 0.29) is 17.6 Å². The van der Waals surface area contributed by atoms with E-state index in [9.17, 15) is 9.59 Å². The number of aryl methyl sites for hydroxylation is 1. The molecular weight excluding hydrogens is 394 g/mol. The number of carbonyl (C=O) groups is 2. The molecule has 2 heterocycles. The number of amides is 2. The Labute approximate surface area is 173 Å². The second-order valence-corrected chi connectivity index (χ2v) is 9.06. The van der Waals surface area contributed by atoms with E-state index in [1.807, 2.05) is 41.6 Å². The van der Waals surface area contributed by atoms with Crippen molar-refractivity contribution >= 4 is 45.1 Å². The van der Waals surface area contributed by atoms with E-state index in [0.29, 0.717) is 23.1 Å². The molecule has 1 aromatic heterocycles. The lowest BCUT2D eigenvalue weighted by atomic mass is 9.99. The molecule has 6 nitrogen and oxygen atoms in total. The highest BCUT2D eigenvalue weighted by Gasteiger charge is 2.20. The molecule has 0 unspecified atom stereocenters. The van der Waals surface area contributed by atoms with Crippen molar-refractivity contribution in [3.63, 3.8) is 0 Å². The van der Waals surface area contributed by atoms with E-state index in [0.717, 1.165) is 41.9 Å². The summed E-state index contributed by atoms with van der Waals surface area (Å²) in [6.07, 6.45) is 2.14. The Bertz CT molecular complexity index is 911. The standard InChI is InChI=1S/C20H27N3O3S2/c1-4-26-15-5-6-16-17(11-15)28-20(22(16)3)21-18(24)12-27-13-19(25)23-9-7-14(2)8-10-23/h5-6,11,14H,4,7-10,12-13H2,1-3H3. The highest BCUT2D eigenvalue weighted by molar-refractivity contribution is 8.00. The third kappa shape index (κ3) is 5.17. The Balaban J connectivity index is 1.58. The summed E-state index contributed by atoms with van der Waals surface area (Å²) in [6, 6.07) is 5.88. The van der Waals surface area contributed by atoms with Crippen molar-refractivity contribution in [2.24, 2.45) is 18.0 Å². The Morgan fingerprint density at radius 2 is 2.04 bits per heavy atom. The van der Waals surface area contributed by atoms with Gasteiger partial charge in [0.2, 0.25) is 5.91 Å². The number of thioether (sulfide) groups is 1. The molecule has 0 atom stereocenters. The lowest BCUT2D eigenvalue weighted by Gasteiger charge is -2.30. The molecule has 1 fully saturated rings. The molecule has 2 aromatic rings. The van der Waals surface area contributed by atoms with Gasteiger partial charge in [-0.1, -0.05) is 18.3 Å². The van der Waals surface area contributed by atoms with Crippen LogP contribution < -0.4 is 9.54 Å². The Hall–Kier alpha value is -1.80. The molecule has 0 saturated carbocycles. The van der Waals surface area contributed by atoms with E-state index in [4.69, 9.17) is 4.74 Å². The average Bonchev–Trinajstić information content (AvgIpc) is 2.97. The Morgan fingerprint density at radius 1 is 1.29 bits per heavy atom. The zero-order valence-corrected chi connectivity index (χ0v) is 18.3.